The summed E-state index contributed by atoms with van der Waals surface area (Å²) in [6, 6.07) is 2.09. The second kappa shape index (κ2) is 5.89. The summed E-state index contributed by atoms with van der Waals surface area (Å²) in [4.78, 5) is 11.8. The second-order valence-corrected chi connectivity index (χ2v) is 6.27. The molecule has 19 heavy (non-hydrogen) atoms. The fourth-order valence-corrected chi connectivity index (χ4v) is 2.14. The van der Waals surface area contributed by atoms with Crippen LogP contribution in [-0.4, -0.2) is 29.6 Å². The molecule has 1 rings (SSSR count). The summed E-state index contributed by atoms with van der Waals surface area (Å²) in [5.41, 5.74) is -0.496. The molecule has 5 nitrogen and oxygen atoms in total. The Bertz CT molecular complexity index is 365. The molecule has 0 unspecified atom stereocenters. The van der Waals surface area contributed by atoms with Gasteiger partial charge >= 0.3 is 5.97 Å². The number of rotatable bonds is 3. The van der Waals surface area contributed by atoms with Gasteiger partial charge in [-0.15, -0.1) is 0 Å². The van der Waals surface area contributed by atoms with Gasteiger partial charge in [0, 0.05) is 6.42 Å². The van der Waals surface area contributed by atoms with Crippen LogP contribution in [0.4, 0.5) is 0 Å². The lowest BCUT2D eigenvalue weighted by Gasteiger charge is -2.40. The molecular formula is C14H23NO4. The number of carbonyl (C=O) groups is 1. The van der Waals surface area contributed by atoms with E-state index in [1.165, 1.54) is 0 Å². The third-order valence-electron chi connectivity index (χ3n) is 2.56. The highest BCUT2D eigenvalue weighted by Gasteiger charge is 2.36. The van der Waals surface area contributed by atoms with Gasteiger partial charge in [0.05, 0.1) is 31.1 Å². The van der Waals surface area contributed by atoms with Gasteiger partial charge in [0.15, 0.2) is 5.79 Å². The van der Waals surface area contributed by atoms with E-state index in [4.69, 9.17) is 19.5 Å². The number of hydrogen-bond donors (Lipinski definition) is 0. The summed E-state index contributed by atoms with van der Waals surface area (Å²) in [5, 5.41) is 8.75. The van der Waals surface area contributed by atoms with E-state index < -0.39 is 11.4 Å². The van der Waals surface area contributed by atoms with Gasteiger partial charge in [-0.2, -0.15) is 5.26 Å². The SMILES string of the molecule is CC(C)(C)OC(=O)C[C@@H]1C[C@H](CC#N)OC(C)(C)O1. The van der Waals surface area contributed by atoms with Crippen LogP contribution in [0.2, 0.25) is 0 Å². The van der Waals surface area contributed by atoms with Gasteiger partial charge in [0.2, 0.25) is 0 Å². The smallest absolute Gasteiger partial charge is 0.308 e. The summed E-state index contributed by atoms with van der Waals surface area (Å²) < 4.78 is 16.6. The molecule has 1 heterocycles. The molecule has 5 heteroatoms. The first-order valence-corrected chi connectivity index (χ1v) is 6.56. The van der Waals surface area contributed by atoms with E-state index >= 15 is 0 Å². The van der Waals surface area contributed by atoms with Crippen molar-refractivity contribution < 1.29 is 19.0 Å². The van der Waals surface area contributed by atoms with Crippen LogP contribution in [-0.2, 0) is 19.0 Å². The first-order chi connectivity index (χ1) is 8.61. The van der Waals surface area contributed by atoms with Gasteiger partial charge in [-0.1, -0.05) is 0 Å². The lowest BCUT2D eigenvalue weighted by Crippen LogP contribution is -2.45. The lowest BCUT2D eigenvalue weighted by atomic mass is 10.0. The fourth-order valence-electron chi connectivity index (χ4n) is 2.14. The summed E-state index contributed by atoms with van der Waals surface area (Å²) in [5.74, 6) is -1.06. The number of nitriles is 1. The molecule has 0 N–H and O–H groups in total. The van der Waals surface area contributed by atoms with Crippen molar-refractivity contribution >= 4 is 5.97 Å². The van der Waals surface area contributed by atoms with E-state index in [-0.39, 0.29) is 24.6 Å². The van der Waals surface area contributed by atoms with E-state index in [1.807, 2.05) is 20.8 Å². The number of nitrogens with zero attached hydrogens (tertiary/aromatic N) is 1. The quantitative estimate of drug-likeness (QED) is 0.736. The van der Waals surface area contributed by atoms with Crippen molar-refractivity contribution in [3.63, 3.8) is 0 Å². The zero-order valence-electron chi connectivity index (χ0n) is 12.4. The molecule has 1 saturated heterocycles. The Balaban J connectivity index is 2.57. The van der Waals surface area contributed by atoms with Crippen LogP contribution in [0.15, 0.2) is 0 Å². The van der Waals surface area contributed by atoms with Crippen molar-refractivity contribution in [1.82, 2.24) is 0 Å². The Morgan fingerprint density at radius 1 is 1.37 bits per heavy atom. The lowest BCUT2D eigenvalue weighted by molar-refractivity contribution is -0.298. The molecular weight excluding hydrogens is 246 g/mol. The number of esters is 1. The molecule has 0 aliphatic carbocycles. The molecule has 1 aliphatic rings. The predicted octanol–water partition coefficient (Wildman–Crippen LogP) is 2.54. The molecule has 0 saturated carbocycles. The summed E-state index contributed by atoms with van der Waals surface area (Å²) in [6.07, 6.45) is 0.568. The molecule has 0 aromatic rings. The Morgan fingerprint density at radius 2 is 1.95 bits per heavy atom. The van der Waals surface area contributed by atoms with Gasteiger partial charge in [-0.05, 0) is 34.6 Å². The van der Waals surface area contributed by atoms with Crippen molar-refractivity contribution in [3.05, 3.63) is 0 Å². The van der Waals surface area contributed by atoms with Crippen LogP contribution in [0.1, 0.15) is 53.9 Å². The average molecular weight is 269 g/mol. The van der Waals surface area contributed by atoms with Crippen LogP contribution >= 0.6 is 0 Å². The zero-order chi connectivity index (χ0) is 14.7. The Labute approximate surface area is 114 Å². The molecule has 0 aromatic heterocycles. The Hall–Kier alpha value is -1.12. The maximum Gasteiger partial charge on any atom is 0.308 e. The van der Waals surface area contributed by atoms with E-state index in [9.17, 15) is 4.79 Å². The van der Waals surface area contributed by atoms with Crippen molar-refractivity contribution in [3.8, 4) is 6.07 Å². The Morgan fingerprint density at radius 3 is 2.47 bits per heavy atom. The van der Waals surface area contributed by atoms with Crippen molar-refractivity contribution in [2.24, 2.45) is 0 Å². The summed E-state index contributed by atoms with van der Waals surface area (Å²) in [7, 11) is 0. The highest BCUT2D eigenvalue weighted by atomic mass is 16.7. The highest BCUT2D eigenvalue weighted by molar-refractivity contribution is 5.70. The third kappa shape index (κ3) is 6.04. The molecule has 0 radical (unpaired) electrons. The van der Waals surface area contributed by atoms with Crippen molar-refractivity contribution in [2.75, 3.05) is 0 Å². The van der Waals surface area contributed by atoms with Gasteiger partial charge in [-0.3, -0.25) is 4.79 Å². The largest absolute Gasteiger partial charge is 0.460 e. The van der Waals surface area contributed by atoms with Gasteiger partial charge < -0.3 is 14.2 Å². The van der Waals surface area contributed by atoms with Crippen LogP contribution in [0, 0.1) is 11.3 Å². The number of ether oxygens (including phenoxy) is 3. The standard InChI is InChI=1S/C14H23NO4/c1-13(2,3)19-12(16)9-11-8-10(6-7-15)17-14(4,5)18-11/h10-11H,6,8-9H2,1-5H3/t10-,11-/m0/s1. The Kier molecular flexibility index (Phi) is 4.94. The average Bonchev–Trinajstić information content (AvgIpc) is 2.10. The third-order valence-corrected chi connectivity index (χ3v) is 2.56. The topological polar surface area (TPSA) is 68.6 Å². The molecule has 1 fully saturated rings. The minimum absolute atomic E-state index is 0.186. The van der Waals surface area contributed by atoms with E-state index in [0.717, 1.165) is 0 Å². The first kappa shape index (κ1) is 15.9. The minimum Gasteiger partial charge on any atom is -0.460 e. The maximum absolute atomic E-state index is 11.8. The van der Waals surface area contributed by atoms with E-state index in [1.54, 1.807) is 13.8 Å². The van der Waals surface area contributed by atoms with Crippen LogP contribution in [0.5, 0.6) is 0 Å². The fraction of sp³-hybridized carbons (Fsp3) is 0.857. The summed E-state index contributed by atoms with van der Waals surface area (Å²) >= 11 is 0. The molecule has 0 bridgehead atoms. The highest BCUT2D eigenvalue weighted by Crippen LogP contribution is 2.30. The van der Waals surface area contributed by atoms with E-state index in [2.05, 4.69) is 6.07 Å². The maximum atomic E-state index is 11.8. The number of carbonyl (C=O) groups excluding carboxylic acids is 1. The summed E-state index contributed by atoms with van der Waals surface area (Å²) in [6.45, 7) is 9.08. The second-order valence-electron chi connectivity index (χ2n) is 6.27. The molecule has 0 spiro atoms. The normalized spacial score (nSPS) is 26.5. The van der Waals surface area contributed by atoms with E-state index in [0.29, 0.717) is 12.8 Å². The van der Waals surface area contributed by atoms with Gasteiger partial charge in [0.25, 0.3) is 0 Å². The van der Waals surface area contributed by atoms with Gasteiger partial charge in [0.1, 0.15) is 5.60 Å². The minimum atomic E-state index is -0.771. The van der Waals surface area contributed by atoms with Gasteiger partial charge in [-0.25, -0.2) is 0 Å². The monoisotopic (exact) mass is 269 g/mol. The van der Waals surface area contributed by atoms with Crippen LogP contribution in [0.3, 0.4) is 0 Å². The molecule has 0 aromatic carbocycles. The molecule has 108 valence electrons. The van der Waals surface area contributed by atoms with Crippen LogP contribution in [0.25, 0.3) is 0 Å². The van der Waals surface area contributed by atoms with Crippen LogP contribution < -0.4 is 0 Å². The van der Waals surface area contributed by atoms with Crippen molar-refractivity contribution in [2.45, 2.75) is 77.5 Å². The zero-order valence-corrected chi connectivity index (χ0v) is 12.4. The predicted molar refractivity (Wildman–Crippen MR) is 69.1 cm³/mol. The molecule has 2 atom stereocenters. The molecule has 0 amide bonds. The first-order valence-electron chi connectivity index (χ1n) is 6.56. The van der Waals surface area contributed by atoms with Crippen molar-refractivity contribution in [1.29, 1.82) is 5.26 Å². The number of hydrogen-bond acceptors (Lipinski definition) is 5. The molecule has 1 aliphatic heterocycles.